The van der Waals surface area contributed by atoms with Crippen molar-refractivity contribution in [1.82, 2.24) is 15.5 Å². The normalized spacial score (nSPS) is 12.4. The zero-order valence-corrected chi connectivity index (χ0v) is 12.5. The van der Waals surface area contributed by atoms with Crippen LogP contribution >= 0.6 is 0 Å². The molecule has 1 heterocycles. The number of hydrogen-bond acceptors (Lipinski definition) is 4. The van der Waals surface area contributed by atoms with E-state index in [2.05, 4.69) is 36.3 Å². The molecule has 1 aromatic rings. The van der Waals surface area contributed by atoms with Crippen LogP contribution in [0.1, 0.15) is 58.6 Å². The molecule has 0 bridgehead atoms. The van der Waals surface area contributed by atoms with E-state index in [1.54, 1.807) is 0 Å². The summed E-state index contributed by atoms with van der Waals surface area (Å²) >= 11 is 0. The molecule has 0 saturated carbocycles. The lowest BCUT2D eigenvalue weighted by atomic mass is 10.1. The first-order chi connectivity index (χ1) is 9.26. The van der Waals surface area contributed by atoms with Crippen molar-refractivity contribution in [2.45, 2.75) is 65.5 Å². The second-order valence-electron chi connectivity index (χ2n) is 4.92. The fourth-order valence-electron chi connectivity index (χ4n) is 1.88. The van der Waals surface area contributed by atoms with E-state index >= 15 is 0 Å². The van der Waals surface area contributed by atoms with Gasteiger partial charge in [-0.25, -0.2) is 0 Å². The fourth-order valence-corrected chi connectivity index (χ4v) is 1.88. The van der Waals surface area contributed by atoms with Crippen LogP contribution in [0.2, 0.25) is 0 Å². The molecule has 108 valence electrons. The molecule has 0 aliphatic heterocycles. The predicted molar refractivity (Wildman–Crippen MR) is 78.3 cm³/mol. The van der Waals surface area contributed by atoms with Gasteiger partial charge in [0.2, 0.25) is 5.88 Å². The summed E-state index contributed by atoms with van der Waals surface area (Å²) in [5.74, 6) is 0.628. The molecule has 0 aromatic carbocycles. The predicted octanol–water partition coefficient (Wildman–Crippen LogP) is 3.32. The topological polar surface area (TPSA) is 47.0 Å². The molecule has 0 radical (unpaired) electrons. The Labute approximate surface area is 117 Å². The molecule has 1 aromatic heterocycles. The van der Waals surface area contributed by atoms with Crippen molar-refractivity contribution in [2.75, 3.05) is 6.54 Å². The summed E-state index contributed by atoms with van der Waals surface area (Å²) in [5, 5.41) is 11.5. The number of unbranched alkanes of at least 4 members (excludes halogenated alkanes) is 3. The zero-order valence-electron chi connectivity index (χ0n) is 12.5. The van der Waals surface area contributed by atoms with Gasteiger partial charge in [0.05, 0.1) is 11.8 Å². The van der Waals surface area contributed by atoms with Crippen molar-refractivity contribution in [3.63, 3.8) is 0 Å². The molecule has 0 aliphatic rings. The number of hydrogen-bond donors (Lipinski definition) is 1. The summed E-state index contributed by atoms with van der Waals surface area (Å²) in [6.07, 6.45) is 6.39. The molecule has 1 atom stereocenters. The molecule has 1 rings (SSSR count). The van der Waals surface area contributed by atoms with Gasteiger partial charge in [0, 0.05) is 12.6 Å². The molecule has 0 spiro atoms. The van der Waals surface area contributed by atoms with E-state index in [4.69, 9.17) is 4.74 Å². The first-order valence-electron chi connectivity index (χ1n) is 7.46. The monoisotopic (exact) mass is 265 g/mol. The van der Waals surface area contributed by atoms with Gasteiger partial charge in [-0.3, -0.25) is 0 Å². The molecule has 0 aliphatic carbocycles. The van der Waals surface area contributed by atoms with Gasteiger partial charge in [-0.15, -0.1) is 5.10 Å². The first-order valence-corrected chi connectivity index (χ1v) is 7.46. The maximum atomic E-state index is 5.76. The van der Waals surface area contributed by atoms with Crippen LogP contribution in [0.5, 0.6) is 5.88 Å². The van der Waals surface area contributed by atoms with Crippen LogP contribution in [0.25, 0.3) is 0 Å². The minimum Gasteiger partial charge on any atom is -0.474 e. The lowest BCUT2D eigenvalue weighted by Crippen LogP contribution is -2.15. The van der Waals surface area contributed by atoms with E-state index in [1.165, 1.54) is 25.7 Å². The molecule has 19 heavy (non-hydrogen) atoms. The number of rotatable bonds is 10. The van der Waals surface area contributed by atoms with Crippen LogP contribution in [0, 0.1) is 0 Å². The van der Waals surface area contributed by atoms with Crippen molar-refractivity contribution < 1.29 is 4.74 Å². The van der Waals surface area contributed by atoms with Gasteiger partial charge in [-0.2, -0.15) is 5.10 Å². The van der Waals surface area contributed by atoms with Crippen LogP contribution in [-0.4, -0.2) is 22.8 Å². The molecule has 1 N–H and O–H groups in total. The highest BCUT2D eigenvalue weighted by Crippen LogP contribution is 2.12. The van der Waals surface area contributed by atoms with Gasteiger partial charge in [-0.1, -0.05) is 33.1 Å². The van der Waals surface area contributed by atoms with E-state index in [1.807, 2.05) is 12.1 Å². The third-order valence-electron chi connectivity index (χ3n) is 3.04. The Morgan fingerprint density at radius 1 is 1.16 bits per heavy atom. The standard InChI is InChI=1S/C15H27N3O/c1-4-6-7-8-9-13(3)19-15-11-10-14(17-18-15)12-16-5-2/h10-11,13,16H,4-9,12H2,1-3H3. The van der Waals surface area contributed by atoms with Crippen molar-refractivity contribution in [2.24, 2.45) is 0 Å². The lowest BCUT2D eigenvalue weighted by Gasteiger charge is -2.13. The molecule has 0 amide bonds. The highest BCUT2D eigenvalue weighted by atomic mass is 16.5. The van der Waals surface area contributed by atoms with Crippen LogP contribution in [0.3, 0.4) is 0 Å². The van der Waals surface area contributed by atoms with Gasteiger partial charge in [0.25, 0.3) is 0 Å². The average Bonchev–Trinajstić information content (AvgIpc) is 2.43. The molecule has 4 nitrogen and oxygen atoms in total. The second-order valence-corrected chi connectivity index (χ2v) is 4.92. The number of ether oxygens (including phenoxy) is 1. The number of nitrogens with one attached hydrogen (secondary N) is 1. The minimum atomic E-state index is 0.214. The number of nitrogens with zero attached hydrogens (tertiary/aromatic N) is 2. The Bertz CT molecular complexity index is 327. The van der Waals surface area contributed by atoms with Gasteiger partial charge >= 0.3 is 0 Å². The van der Waals surface area contributed by atoms with E-state index in [9.17, 15) is 0 Å². The third kappa shape index (κ3) is 7.11. The summed E-state index contributed by atoms with van der Waals surface area (Å²) in [4.78, 5) is 0. The Balaban J connectivity index is 2.27. The summed E-state index contributed by atoms with van der Waals surface area (Å²) in [6.45, 7) is 8.10. The van der Waals surface area contributed by atoms with Crippen molar-refractivity contribution in [3.8, 4) is 5.88 Å². The average molecular weight is 265 g/mol. The third-order valence-corrected chi connectivity index (χ3v) is 3.04. The summed E-state index contributed by atoms with van der Waals surface area (Å²) < 4.78 is 5.76. The smallest absolute Gasteiger partial charge is 0.233 e. The fraction of sp³-hybridized carbons (Fsp3) is 0.733. The maximum Gasteiger partial charge on any atom is 0.233 e. The van der Waals surface area contributed by atoms with E-state index in [-0.39, 0.29) is 6.10 Å². The summed E-state index contributed by atoms with van der Waals surface area (Å²) in [5.41, 5.74) is 0.949. The van der Waals surface area contributed by atoms with Gasteiger partial charge in [-0.05, 0) is 32.4 Å². The molecule has 0 fully saturated rings. The van der Waals surface area contributed by atoms with Crippen LogP contribution in [0.4, 0.5) is 0 Å². The SMILES string of the molecule is CCCCCCC(C)Oc1ccc(CNCC)nn1. The summed E-state index contributed by atoms with van der Waals surface area (Å²) in [7, 11) is 0. The lowest BCUT2D eigenvalue weighted by molar-refractivity contribution is 0.196. The van der Waals surface area contributed by atoms with Crippen molar-refractivity contribution in [3.05, 3.63) is 17.8 Å². The largest absolute Gasteiger partial charge is 0.474 e. The Morgan fingerprint density at radius 2 is 2.00 bits per heavy atom. The molecule has 0 saturated heterocycles. The van der Waals surface area contributed by atoms with Crippen LogP contribution in [-0.2, 0) is 6.54 Å². The quantitative estimate of drug-likeness (QED) is 0.659. The van der Waals surface area contributed by atoms with Crippen LogP contribution < -0.4 is 10.1 Å². The van der Waals surface area contributed by atoms with Crippen molar-refractivity contribution >= 4 is 0 Å². The maximum absolute atomic E-state index is 5.76. The Kier molecular flexibility index (Phi) is 8.14. The first kappa shape index (κ1) is 15.9. The van der Waals surface area contributed by atoms with E-state index in [0.29, 0.717) is 5.88 Å². The van der Waals surface area contributed by atoms with Gasteiger partial charge in [0.1, 0.15) is 0 Å². The minimum absolute atomic E-state index is 0.214. The van der Waals surface area contributed by atoms with E-state index in [0.717, 1.165) is 25.2 Å². The van der Waals surface area contributed by atoms with Gasteiger partial charge < -0.3 is 10.1 Å². The zero-order chi connectivity index (χ0) is 13.9. The Hall–Kier alpha value is -1.16. The highest BCUT2D eigenvalue weighted by molar-refractivity contribution is 5.11. The molecular weight excluding hydrogens is 238 g/mol. The highest BCUT2D eigenvalue weighted by Gasteiger charge is 2.05. The molecule has 4 heteroatoms. The van der Waals surface area contributed by atoms with E-state index < -0.39 is 0 Å². The van der Waals surface area contributed by atoms with Crippen molar-refractivity contribution in [1.29, 1.82) is 0 Å². The molecular formula is C15H27N3O. The van der Waals surface area contributed by atoms with Crippen LogP contribution in [0.15, 0.2) is 12.1 Å². The van der Waals surface area contributed by atoms with Gasteiger partial charge in [0.15, 0.2) is 0 Å². The summed E-state index contributed by atoms with van der Waals surface area (Å²) in [6, 6.07) is 3.87. The number of aromatic nitrogens is 2. The Morgan fingerprint density at radius 3 is 2.63 bits per heavy atom. The second kappa shape index (κ2) is 9.73. The molecule has 1 unspecified atom stereocenters.